The molecule has 2 rings (SSSR count). The van der Waals surface area contributed by atoms with E-state index in [-0.39, 0.29) is 28.0 Å². The number of amides is 1. The monoisotopic (exact) mass is 330 g/mol. The average molecular weight is 331 g/mol. The van der Waals surface area contributed by atoms with Crippen LogP contribution >= 0.6 is 23.2 Å². The van der Waals surface area contributed by atoms with Crippen molar-refractivity contribution < 1.29 is 14.7 Å². The molecule has 1 aliphatic rings. The Kier molecular flexibility index (Phi) is 5.42. The molecule has 1 aromatic rings. The molecule has 114 valence electrons. The van der Waals surface area contributed by atoms with Crippen LogP contribution in [0.15, 0.2) is 12.1 Å². The topological polar surface area (TPSA) is 79.3 Å². The smallest absolute Gasteiger partial charge is 0.306 e. The van der Waals surface area contributed by atoms with Gasteiger partial charge in [0.2, 0.25) is 0 Å². The highest BCUT2D eigenvalue weighted by Gasteiger charge is 2.30. The van der Waals surface area contributed by atoms with Gasteiger partial charge >= 0.3 is 5.97 Å². The summed E-state index contributed by atoms with van der Waals surface area (Å²) < 4.78 is 0. The van der Waals surface area contributed by atoms with Crippen LogP contribution in [0.5, 0.6) is 0 Å². The summed E-state index contributed by atoms with van der Waals surface area (Å²) in [5.74, 6) is -1.53. The van der Waals surface area contributed by atoms with Gasteiger partial charge in [-0.1, -0.05) is 36.0 Å². The molecule has 2 atom stereocenters. The number of nitrogens with zero attached hydrogens (tertiary/aromatic N) is 1. The number of halogens is 2. The molecule has 0 spiro atoms. The van der Waals surface area contributed by atoms with Crippen molar-refractivity contribution in [3.63, 3.8) is 0 Å². The van der Waals surface area contributed by atoms with Crippen molar-refractivity contribution in [1.29, 1.82) is 0 Å². The molecule has 0 radical (unpaired) electrons. The first-order valence-corrected chi connectivity index (χ1v) is 7.57. The van der Waals surface area contributed by atoms with E-state index in [9.17, 15) is 14.7 Å². The van der Waals surface area contributed by atoms with Crippen molar-refractivity contribution in [2.75, 3.05) is 6.54 Å². The number of pyridine rings is 1. The summed E-state index contributed by atoms with van der Waals surface area (Å²) in [6.45, 7) is 0.341. The molecule has 1 heterocycles. The van der Waals surface area contributed by atoms with E-state index in [1.165, 1.54) is 12.1 Å². The molecule has 0 bridgehead atoms. The Morgan fingerprint density at radius 3 is 2.48 bits per heavy atom. The summed E-state index contributed by atoms with van der Waals surface area (Å²) >= 11 is 11.5. The molecule has 0 aromatic carbocycles. The van der Waals surface area contributed by atoms with Gasteiger partial charge in [0.1, 0.15) is 10.3 Å². The van der Waals surface area contributed by atoms with Crippen molar-refractivity contribution in [2.45, 2.75) is 25.7 Å². The molecule has 7 heteroatoms. The van der Waals surface area contributed by atoms with Gasteiger partial charge in [-0.3, -0.25) is 9.59 Å². The lowest BCUT2D eigenvalue weighted by atomic mass is 9.79. The first-order valence-electron chi connectivity index (χ1n) is 6.81. The fourth-order valence-electron chi connectivity index (χ4n) is 2.70. The minimum absolute atomic E-state index is 0.0343. The van der Waals surface area contributed by atoms with E-state index >= 15 is 0 Å². The summed E-state index contributed by atoms with van der Waals surface area (Å²) in [4.78, 5) is 27.1. The summed E-state index contributed by atoms with van der Waals surface area (Å²) in [5, 5.41) is 12.3. The first-order chi connectivity index (χ1) is 9.97. The SMILES string of the molecule is O=C(NCC1CCCCC1C(=O)O)c1cc(Cl)nc(Cl)c1. The van der Waals surface area contributed by atoms with Crippen LogP contribution in [0.2, 0.25) is 10.3 Å². The Balaban J connectivity index is 1.98. The van der Waals surface area contributed by atoms with Crippen molar-refractivity contribution in [1.82, 2.24) is 10.3 Å². The molecule has 21 heavy (non-hydrogen) atoms. The van der Waals surface area contributed by atoms with E-state index in [1.807, 2.05) is 0 Å². The van der Waals surface area contributed by atoms with Gasteiger partial charge in [0.25, 0.3) is 5.91 Å². The summed E-state index contributed by atoms with van der Waals surface area (Å²) in [6, 6.07) is 2.86. The zero-order valence-electron chi connectivity index (χ0n) is 11.3. The molecule has 1 amide bonds. The number of carboxylic acids is 1. The molecule has 1 saturated carbocycles. The number of nitrogens with one attached hydrogen (secondary N) is 1. The second-order valence-corrected chi connectivity index (χ2v) is 5.98. The maximum absolute atomic E-state index is 12.1. The van der Waals surface area contributed by atoms with Gasteiger partial charge in [-0.15, -0.1) is 0 Å². The van der Waals surface area contributed by atoms with Crippen LogP contribution in [-0.2, 0) is 4.79 Å². The Morgan fingerprint density at radius 1 is 1.24 bits per heavy atom. The molecule has 0 aliphatic heterocycles. The van der Waals surface area contributed by atoms with Crippen LogP contribution in [0.1, 0.15) is 36.0 Å². The number of rotatable bonds is 4. The molecule has 1 fully saturated rings. The molecular formula is C14H16Cl2N2O3. The number of hydrogen-bond acceptors (Lipinski definition) is 3. The van der Waals surface area contributed by atoms with Gasteiger partial charge in [-0.05, 0) is 30.9 Å². The number of hydrogen-bond donors (Lipinski definition) is 2. The lowest BCUT2D eigenvalue weighted by molar-refractivity contribution is -0.144. The zero-order valence-corrected chi connectivity index (χ0v) is 12.8. The lowest BCUT2D eigenvalue weighted by Crippen LogP contribution is -2.37. The molecule has 2 unspecified atom stereocenters. The fourth-order valence-corrected chi connectivity index (χ4v) is 3.16. The van der Waals surface area contributed by atoms with Crippen LogP contribution in [0.4, 0.5) is 0 Å². The standard InChI is InChI=1S/C14H16Cl2N2O3/c15-11-5-9(6-12(16)18-11)13(19)17-7-8-3-1-2-4-10(8)14(20)21/h5-6,8,10H,1-4,7H2,(H,17,19)(H,20,21). The average Bonchev–Trinajstić information content (AvgIpc) is 2.43. The quantitative estimate of drug-likeness (QED) is 0.831. The summed E-state index contributed by atoms with van der Waals surface area (Å²) in [7, 11) is 0. The number of carbonyl (C=O) groups excluding carboxylic acids is 1. The number of carbonyl (C=O) groups is 2. The van der Waals surface area contributed by atoms with E-state index in [1.54, 1.807) is 0 Å². The number of carboxylic acid groups (broad SMARTS) is 1. The van der Waals surface area contributed by atoms with Crippen molar-refractivity contribution in [3.05, 3.63) is 28.0 Å². The molecule has 5 nitrogen and oxygen atoms in total. The minimum Gasteiger partial charge on any atom is -0.481 e. The zero-order chi connectivity index (χ0) is 15.4. The van der Waals surface area contributed by atoms with Crippen LogP contribution in [0, 0.1) is 11.8 Å². The Hall–Kier alpha value is -1.33. The minimum atomic E-state index is -0.788. The first kappa shape index (κ1) is 16.0. The van der Waals surface area contributed by atoms with E-state index in [2.05, 4.69) is 10.3 Å². The highest BCUT2D eigenvalue weighted by atomic mass is 35.5. The third kappa shape index (κ3) is 4.32. The summed E-state index contributed by atoms with van der Waals surface area (Å²) in [6.07, 6.45) is 3.41. The molecular weight excluding hydrogens is 315 g/mol. The third-order valence-electron chi connectivity index (χ3n) is 3.78. The Labute approximate surface area is 132 Å². The van der Waals surface area contributed by atoms with Crippen molar-refractivity contribution in [2.24, 2.45) is 11.8 Å². The van der Waals surface area contributed by atoms with E-state index in [4.69, 9.17) is 23.2 Å². The lowest BCUT2D eigenvalue weighted by Gasteiger charge is -2.28. The van der Waals surface area contributed by atoms with Gasteiger partial charge in [0.05, 0.1) is 5.92 Å². The van der Waals surface area contributed by atoms with Crippen molar-refractivity contribution >= 4 is 35.1 Å². The number of aromatic nitrogens is 1. The Bertz CT molecular complexity index is 531. The van der Waals surface area contributed by atoms with E-state index in [0.717, 1.165) is 19.3 Å². The molecule has 1 aromatic heterocycles. The van der Waals surface area contributed by atoms with Crippen LogP contribution < -0.4 is 5.32 Å². The van der Waals surface area contributed by atoms with Crippen LogP contribution in [0.25, 0.3) is 0 Å². The van der Waals surface area contributed by atoms with Crippen LogP contribution in [0.3, 0.4) is 0 Å². The van der Waals surface area contributed by atoms with Gasteiger partial charge < -0.3 is 10.4 Å². The predicted octanol–water partition coefficient (Wildman–Crippen LogP) is 3.01. The van der Waals surface area contributed by atoms with E-state index < -0.39 is 5.97 Å². The van der Waals surface area contributed by atoms with E-state index in [0.29, 0.717) is 18.5 Å². The summed E-state index contributed by atoms with van der Waals surface area (Å²) in [5.41, 5.74) is 0.322. The maximum Gasteiger partial charge on any atom is 0.306 e. The normalized spacial score (nSPS) is 21.8. The van der Waals surface area contributed by atoms with Gasteiger partial charge in [0, 0.05) is 12.1 Å². The largest absolute Gasteiger partial charge is 0.481 e. The molecule has 2 N–H and O–H groups in total. The molecule has 0 saturated heterocycles. The second-order valence-electron chi connectivity index (χ2n) is 5.20. The third-order valence-corrected chi connectivity index (χ3v) is 4.16. The Morgan fingerprint density at radius 2 is 1.86 bits per heavy atom. The van der Waals surface area contributed by atoms with Gasteiger partial charge in [-0.2, -0.15) is 0 Å². The van der Waals surface area contributed by atoms with Crippen molar-refractivity contribution in [3.8, 4) is 0 Å². The number of aliphatic carboxylic acids is 1. The predicted molar refractivity (Wildman–Crippen MR) is 79.7 cm³/mol. The highest BCUT2D eigenvalue weighted by Crippen LogP contribution is 2.29. The highest BCUT2D eigenvalue weighted by molar-refractivity contribution is 6.33. The van der Waals surface area contributed by atoms with Gasteiger partial charge in [0.15, 0.2) is 0 Å². The van der Waals surface area contributed by atoms with Gasteiger partial charge in [-0.25, -0.2) is 4.98 Å². The van der Waals surface area contributed by atoms with Crippen LogP contribution in [-0.4, -0.2) is 28.5 Å². The molecule has 1 aliphatic carbocycles. The maximum atomic E-state index is 12.1. The fraction of sp³-hybridized carbons (Fsp3) is 0.500. The second kappa shape index (κ2) is 7.09.